The molecule has 0 unspecified atom stereocenters. The summed E-state index contributed by atoms with van der Waals surface area (Å²) in [4.78, 5) is 0. The smallest absolute Gasteiger partial charge is 0.495 e. The number of ether oxygens (including phenoxy) is 2. The number of rotatable bonds is 3. The number of anilines is 1. The molecule has 20 heavy (non-hydrogen) atoms. The Morgan fingerprint density at radius 3 is 2.40 bits per heavy atom. The summed E-state index contributed by atoms with van der Waals surface area (Å²) in [6.07, 6.45) is -4.72. The van der Waals surface area contributed by atoms with Crippen LogP contribution in [0.25, 0.3) is 11.1 Å². The third kappa shape index (κ3) is 3.14. The first kappa shape index (κ1) is 14.0. The van der Waals surface area contributed by atoms with Crippen LogP contribution in [0.15, 0.2) is 42.5 Å². The van der Waals surface area contributed by atoms with E-state index in [9.17, 15) is 13.2 Å². The van der Waals surface area contributed by atoms with Crippen molar-refractivity contribution in [1.82, 2.24) is 0 Å². The highest BCUT2D eigenvalue weighted by molar-refractivity contribution is 5.81. The van der Waals surface area contributed by atoms with Gasteiger partial charge in [-0.15, -0.1) is 13.2 Å². The quantitative estimate of drug-likeness (QED) is 0.870. The highest BCUT2D eigenvalue weighted by atomic mass is 19.4. The van der Waals surface area contributed by atoms with Gasteiger partial charge in [-0.05, 0) is 23.8 Å². The van der Waals surface area contributed by atoms with Crippen molar-refractivity contribution in [2.75, 3.05) is 12.8 Å². The zero-order valence-electron chi connectivity index (χ0n) is 10.6. The van der Waals surface area contributed by atoms with Crippen molar-refractivity contribution in [1.29, 1.82) is 0 Å². The molecule has 2 N–H and O–H groups in total. The van der Waals surface area contributed by atoms with Gasteiger partial charge in [-0.25, -0.2) is 0 Å². The maximum Gasteiger partial charge on any atom is 0.573 e. The largest absolute Gasteiger partial charge is 0.573 e. The maximum absolute atomic E-state index is 12.2. The van der Waals surface area contributed by atoms with Crippen LogP contribution in [0.4, 0.5) is 18.9 Å². The molecule has 2 aromatic rings. The molecule has 0 aliphatic carbocycles. The van der Waals surface area contributed by atoms with Gasteiger partial charge in [0.15, 0.2) is 0 Å². The molecule has 0 amide bonds. The van der Waals surface area contributed by atoms with Gasteiger partial charge in [0.05, 0.1) is 12.8 Å². The van der Waals surface area contributed by atoms with Crippen LogP contribution in [0.1, 0.15) is 0 Å². The van der Waals surface area contributed by atoms with Crippen molar-refractivity contribution in [2.45, 2.75) is 6.36 Å². The fraction of sp³-hybridized carbons (Fsp3) is 0.143. The number of alkyl halides is 3. The SMILES string of the molecule is COc1cccc(-c2cccc(OC(F)(F)F)c2)c1N. The van der Waals surface area contributed by atoms with Crippen molar-refractivity contribution in [3.05, 3.63) is 42.5 Å². The molecule has 0 radical (unpaired) electrons. The second-order valence-corrected chi connectivity index (χ2v) is 4.00. The molecule has 0 bridgehead atoms. The predicted molar refractivity (Wildman–Crippen MR) is 69.5 cm³/mol. The summed E-state index contributed by atoms with van der Waals surface area (Å²) in [5, 5.41) is 0. The number of methoxy groups -OCH3 is 1. The number of para-hydroxylation sites is 1. The highest BCUT2D eigenvalue weighted by Crippen LogP contribution is 2.35. The van der Waals surface area contributed by atoms with Crippen LogP contribution in [-0.4, -0.2) is 13.5 Å². The molecular formula is C14H12F3NO2. The summed E-state index contributed by atoms with van der Waals surface area (Å²) < 4.78 is 45.6. The predicted octanol–water partition coefficient (Wildman–Crippen LogP) is 3.84. The summed E-state index contributed by atoms with van der Waals surface area (Å²) in [5.74, 6) is 0.168. The minimum Gasteiger partial charge on any atom is -0.495 e. The Bertz CT molecular complexity index is 612. The molecule has 6 heteroatoms. The summed E-state index contributed by atoms with van der Waals surface area (Å²) in [7, 11) is 1.47. The second-order valence-electron chi connectivity index (χ2n) is 4.00. The van der Waals surface area contributed by atoms with E-state index in [1.807, 2.05) is 0 Å². The van der Waals surface area contributed by atoms with Crippen molar-refractivity contribution in [3.8, 4) is 22.6 Å². The summed E-state index contributed by atoms with van der Waals surface area (Å²) in [6.45, 7) is 0. The van der Waals surface area contributed by atoms with Crippen LogP contribution in [0, 0.1) is 0 Å². The maximum atomic E-state index is 12.2. The molecule has 2 rings (SSSR count). The highest BCUT2D eigenvalue weighted by Gasteiger charge is 2.31. The van der Waals surface area contributed by atoms with Crippen molar-refractivity contribution < 1.29 is 22.6 Å². The molecule has 0 saturated carbocycles. The topological polar surface area (TPSA) is 44.5 Å². The lowest BCUT2D eigenvalue weighted by Gasteiger charge is -2.12. The Morgan fingerprint density at radius 2 is 1.75 bits per heavy atom. The number of halogens is 3. The van der Waals surface area contributed by atoms with E-state index in [-0.39, 0.29) is 5.75 Å². The van der Waals surface area contributed by atoms with Crippen LogP contribution in [0.3, 0.4) is 0 Å². The van der Waals surface area contributed by atoms with E-state index in [0.717, 1.165) is 0 Å². The van der Waals surface area contributed by atoms with Gasteiger partial charge in [-0.1, -0.05) is 24.3 Å². The number of hydrogen-bond acceptors (Lipinski definition) is 3. The zero-order valence-corrected chi connectivity index (χ0v) is 10.6. The fourth-order valence-corrected chi connectivity index (χ4v) is 1.83. The van der Waals surface area contributed by atoms with E-state index in [0.29, 0.717) is 22.6 Å². The summed E-state index contributed by atoms with van der Waals surface area (Å²) in [5.41, 5.74) is 7.37. The van der Waals surface area contributed by atoms with E-state index in [2.05, 4.69) is 4.74 Å². The lowest BCUT2D eigenvalue weighted by Crippen LogP contribution is -2.17. The number of nitrogens with two attached hydrogens (primary N) is 1. The fourth-order valence-electron chi connectivity index (χ4n) is 1.83. The molecule has 0 spiro atoms. The van der Waals surface area contributed by atoms with Gasteiger partial charge in [0.2, 0.25) is 0 Å². The van der Waals surface area contributed by atoms with Crippen molar-refractivity contribution in [3.63, 3.8) is 0 Å². The minimum absolute atomic E-state index is 0.294. The van der Waals surface area contributed by atoms with E-state index < -0.39 is 6.36 Å². The number of hydrogen-bond donors (Lipinski definition) is 1. The third-order valence-electron chi connectivity index (χ3n) is 2.66. The first-order valence-corrected chi connectivity index (χ1v) is 5.69. The summed E-state index contributed by atoms with van der Waals surface area (Å²) in [6, 6.07) is 10.7. The van der Waals surface area contributed by atoms with Crippen molar-refractivity contribution in [2.24, 2.45) is 0 Å². The molecule has 0 aliphatic heterocycles. The van der Waals surface area contributed by atoms with E-state index in [1.165, 1.54) is 25.3 Å². The van der Waals surface area contributed by atoms with Gasteiger partial charge >= 0.3 is 6.36 Å². The molecule has 0 heterocycles. The Kier molecular flexibility index (Phi) is 3.74. The molecule has 0 atom stereocenters. The molecular weight excluding hydrogens is 271 g/mol. The van der Waals surface area contributed by atoms with Crippen molar-refractivity contribution >= 4 is 5.69 Å². The van der Waals surface area contributed by atoms with Crippen LogP contribution < -0.4 is 15.2 Å². The summed E-state index contributed by atoms with van der Waals surface area (Å²) >= 11 is 0. The lowest BCUT2D eigenvalue weighted by molar-refractivity contribution is -0.274. The van der Waals surface area contributed by atoms with Crippen LogP contribution in [-0.2, 0) is 0 Å². The Hall–Kier alpha value is -2.37. The first-order valence-electron chi connectivity index (χ1n) is 5.69. The molecule has 2 aromatic carbocycles. The first-order chi connectivity index (χ1) is 9.40. The standard InChI is InChI=1S/C14H12F3NO2/c1-19-12-7-3-6-11(13(12)18)9-4-2-5-10(8-9)20-14(15,16)17/h2-8H,18H2,1H3. The number of nitrogen functional groups attached to an aromatic ring is 1. The van der Waals surface area contributed by atoms with E-state index in [4.69, 9.17) is 10.5 Å². The molecule has 0 aromatic heterocycles. The molecule has 3 nitrogen and oxygen atoms in total. The average Bonchev–Trinajstić information content (AvgIpc) is 2.37. The van der Waals surface area contributed by atoms with Gasteiger partial charge in [-0.3, -0.25) is 0 Å². The Labute approximate surface area is 113 Å². The van der Waals surface area contributed by atoms with Gasteiger partial charge in [0, 0.05) is 5.56 Å². The second kappa shape index (κ2) is 5.32. The van der Waals surface area contributed by atoms with Gasteiger partial charge in [0.1, 0.15) is 11.5 Å². The monoisotopic (exact) mass is 283 g/mol. The third-order valence-corrected chi connectivity index (χ3v) is 2.66. The van der Waals surface area contributed by atoms with Gasteiger partial charge in [0.25, 0.3) is 0 Å². The van der Waals surface area contributed by atoms with E-state index >= 15 is 0 Å². The van der Waals surface area contributed by atoms with Crippen LogP contribution in [0.5, 0.6) is 11.5 Å². The Balaban J connectivity index is 2.41. The normalized spacial score (nSPS) is 11.2. The van der Waals surface area contributed by atoms with E-state index in [1.54, 1.807) is 24.3 Å². The number of benzene rings is 2. The lowest BCUT2D eigenvalue weighted by atomic mass is 10.0. The molecule has 0 saturated heterocycles. The minimum atomic E-state index is -4.72. The van der Waals surface area contributed by atoms with Crippen LogP contribution >= 0.6 is 0 Å². The van der Waals surface area contributed by atoms with Gasteiger partial charge in [-0.2, -0.15) is 0 Å². The molecule has 0 aliphatic rings. The molecule has 106 valence electrons. The Morgan fingerprint density at radius 1 is 1.05 bits per heavy atom. The van der Waals surface area contributed by atoms with Crippen LogP contribution in [0.2, 0.25) is 0 Å². The average molecular weight is 283 g/mol. The van der Waals surface area contributed by atoms with Gasteiger partial charge < -0.3 is 15.2 Å². The molecule has 0 fully saturated rings. The zero-order chi connectivity index (χ0) is 14.8.